The number of rotatable bonds is 8. The van der Waals surface area contributed by atoms with Crippen molar-refractivity contribution in [1.29, 1.82) is 0 Å². The van der Waals surface area contributed by atoms with E-state index in [0.29, 0.717) is 16.8 Å². The second kappa shape index (κ2) is 11.8. The summed E-state index contributed by atoms with van der Waals surface area (Å²) in [5, 5.41) is 5.76. The maximum Gasteiger partial charge on any atom is 0.418 e. The zero-order valence-corrected chi connectivity index (χ0v) is 22.9. The lowest BCUT2D eigenvalue weighted by Crippen LogP contribution is -2.36. The number of amides is 2. The highest BCUT2D eigenvalue weighted by Gasteiger charge is 2.36. The van der Waals surface area contributed by atoms with Crippen LogP contribution in [0.1, 0.15) is 34.0 Å². The van der Waals surface area contributed by atoms with Crippen LogP contribution in [0.5, 0.6) is 0 Å². The van der Waals surface area contributed by atoms with Crippen molar-refractivity contribution in [3.05, 3.63) is 89.0 Å². The minimum atomic E-state index is -4.76. The van der Waals surface area contributed by atoms with Crippen LogP contribution in [0.2, 0.25) is 0 Å². The summed E-state index contributed by atoms with van der Waals surface area (Å²) in [5.74, 6) is -1.54. The molecule has 3 aromatic carbocycles. The predicted molar refractivity (Wildman–Crippen MR) is 151 cm³/mol. The third kappa shape index (κ3) is 6.41. The molecule has 41 heavy (non-hydrogen) atoms. The molecule has 1 heterocycles. The number of fused-ring (bicyclic) bond motifs is 1. The van der Waals surface area contributed by atoms with Gasteiger partial charge < -0.3 is 25.2 Å². The molecule has 1 aliphatic heterocycles. The molecule has 2 amide bonds. The van der Waals surface area contributed by atoms with Crippen molar-refractivity contribution >= 4 is 46.1 Å². The van der Waals surface area contributed by atoms with Gasteiger partial charge in [0.2, 0.25) is 5.91 Å². The van der Waals surface area contributed by atoms with Crippen LogP contribution in [0, 0.1) is 0 Å². The highest BCUT2D eigenvalue weighted by atomic mass is 19.4. The lowest BCUT2D eigenvalue weighted by molar-refractivity contribution is -0.137. The van der Waals surface area contributed by atoms with E-state index in [1.807, 2.05) is 0 Å². The Bertz CT molecular complexity index is 1520. The van der Waals surface area contributed by atoms with Crippen LogP contribution in [0.25, 0.3) is 11.3 Å². The van der Waals surface area contributed by atoms with Crippen molar-refractivity contribution in [1.82, 2.24) is 4.90 Å². The monoisotopic (exact) mass is 566 g/mol. The van der Waals surface area contributed by atoms with Crippen molar-refractivity contribution in [2.75, 3.05) is 49.8 Å². The van der Waals surface area contributed by atoms with Gasteiger partial charge in [0.25, 0.3) is 5.91 Å². The van der Waals surface area contributed by atoms with Gasteiger partial charge in [0.1, 0.15) is 0 Å². The average molecular weight is 567 g/mol. The molecule has 11 heteroatoms. The first-order valence-corrected chi connectivity index (χ1v) is 12.7. The van der Waals surface area contributed by atoms with Gasteiger partial charge in [-0.05, 0) is 56.9 Å². The number of alkyl halides is 3. The molecule has 8 nitrogen and oxygen atoms in total. The number of anilines is 3. The quantitative estimate of drug-likeness (QED) is 0.283. The molecule has 1 aliphatic rings. The zero-order chi connectivity index (χ0) is 29.9. The minimum absolute atomic E-state index is 0.0604. The number of halogens is 3. The Hall–Kier alpha value is -4.64. The number of carbonyl (C=O) groups excluding carboxylic acids is 3. The summed E-state index contributed by atoms with van der Waals surface area (Å²) in [5.41, 5.74) is 0.861. The van der Waals surface area contributed by atoms with Gasteiger partial charge >= 0.3 is 12.1 Å². The van der Waals surface area contributed by atoms with Crippen LogP contribution in [0.15, 0.2) is 66.7 Å². The lowest BCUT2D eigenvalue weighted by atomic mass is 9.98. The fourth-order valence-corrected chi connectivity index (χ4v) is 4.43. The van der Waals surface area contributed by atoms with Gasteiger partial charge in [-0.25, -0.2) is 4.79 Å². The van der Waals surface area contributed by atoms with Crippen LogP contribution in [0.3, 0.4) is 0 Å². The number of nitrogens with one attached hydrogen (secondary N) is 2. The van der Waals surface area contributed by atoms with E-state index in [-0.39, 0.29) is 41.4 Å². The van der Waals surface area contributed by atoms with Gasteiger partial charge in [-0.3, -0.25) is 9.59 Å². The summed E-state index contributed by atoms with van der Waals surface area (Å²) < 4.78 is 47.6. The first-order valence-electron chi connectivity index (χ1n) is 12.7. The fourth-order valence-electron chi connectivity index (χ4n) is 4.43. The number of carbonyl (C=O) groups is 3. The molecule has 3 aromatic rings. The molecule has 214 valence electrons. The first-order chi connectivity index (χ1) is 19.4. The van der Waals surface area contributed by atoms with Crippen LogP contribution in [-0.2, 0) is 20.5 Å². The Labute approximate surface area is 235 Å². The van der Waals surface area contributed by atoms with Crippen molar-refractivity contribution in [3.63, 3.8) is 0 Å². The average Bonchev–Trinajstić information content (AvgIpc) is 3.25. The van der Waals surface area contributed by atoms with E-state index in [2.05, 4.69) is 10.6 Å². The molecule has 0 atom stereocenters. The van der Waals surface area contributed by atoms with E-state index in [4.69, 9.17) is 4.74 Å². The molecule has 0 bridgehead atoms. The molecule has 4 rings (SSSR count). The van der Waals surface area contributed by atoms with Crippen LogP contribution >= 0.6 is 0 Å². The number of ether oxygens (including phenoxy) is 1. The number of nitrogens with zero attached hydrogens (tertiary/aromatic N) is 2. The van der Waals surface area contributed by atoms with E-state index in [1.165, 1.54) is 31.3 Å². The third-order valence-electron chi connectivity index (χ3n) is 6.35. The topological polar surface area (TPSA) is 91.0 Å². The van der Waals surface area contributed by atoms with E-state index in [9.17, 15) is 27.6 Å². The molecule has 0 aliphatic carbocycles. The zero-order valence-electron chi connectivity index (χ0n) is 22.9. The minimum Gasteiger partial charge on any atom is -0.462 e. The second-order valence-corrected chi connectivity index (χ2v) is 9.60. The number of benzene rings is 3. The molecule has 0 saturated heterocycles. The molecule has 2 N–H and O–H groups in total. The smallest absolute Gasteiger partial charge is 0.418 e. The lowest BCUT2D eigenvalue weighted by Gasteiger charge is -2.24. The number of hydrogen-bond donors (Lipinski definition) is 2. The van der Waals surface area contributed by atoms with Crippen molar-refractivity contribution in [2.24, 2.45) is 0 Å². The summed E-state index contributed by atoms with van der Waals surface area (Å²) in [6, 6.07) is 16.9. The van der Waals surface area contributed by atoms with Gasteiger partial charge in [0.05, 0.1) is 46.9 Å². The summed E-state index contributed by atoms with van der Waals surface area (Å²) >= 11 is 0. The summed E-state index contributed by atoms with van der Waals surface area (Å²) in [6.45, 7) is 1.81. The van der Waals surface area contributed by atoms with Gasteiger partial charge in [0.15, 0.2) is 0 Å². The summed E-state index contributed by atoms with van der Waals surface area (Å²) in [6.07, 6.45) is -4.76. The van der Waals surface area contributed by atoms with E-state index >= 15 is 0 Å². The maximum absolute atomic E-state index is 14.2. The Morgan fingerprint density at radius 1 is 0.951 bits per heavy atom. The highest BCUT2D eigenvalue weighted by molar-refractivity contribution is 6.37. The van der Waals surface area contributed by atoms with E-state index in [0.717, 1.165) is 11.0 Å². The molecule has 0 saturated carbocycles. The predicted octanol–water partition coefficient (Wildman–Crippen LogP) is 5.34. The molecule has 0 fully saturated rings. The Morgan fingerprint density at radius 3 is 2.29 bits per heavy atom. The third-order valence-corrected chi connectivity index (χ3v) is 6.35. The maximum atomic E-state index is 14.2. The molecular formula is C30H29F3N4O4. The second-order valence-electron chi connectivity index (χ2n) is 9.60. The normalized spacial score (nSPS) is 13.9. The van der Waals surface area contributed by atoms with Crippen LogP contribution < -0.4 is 15.5 Å². The van der Waals surface area contributed by atoms with Gasteiger partial charge in [0, 0.05) is 18.3 Å². The van der Waals surface area contributed by atoms with Crippen LogP contribution in [0.4, 0.5) is 30.2 Å². The molecular weight excluding hydrogens is 537 g/mol. The van der Waals surface area contributed by atoms with Gasteiger partial charge in [-0.1, -0.05) is 36.4 Å². The highest BCUT2D eigenvalue weighted by Crippen LogP contribution is 2.41. The molecule has 0 radical (unpaired) electrons. The number of likely N-dealkylation sites (N-methyl/N-ethyl adjacent to an activating group) is 2. The van der Waals surface area contributed by atoms with Gasteiger partial charge in [-0.2, -0.15) is 13.2 Å². The number of hydrogen-bond acceptors (Lipinski definition) is 6. The first kappa shape index (κ1) is 29.3. The standard InChI is InChI=1S/C30H29F3N4O4/c1-5-41-29(40)19-11-13-21-23(15-19)35-28(39)26(21)27(18-9-7-6-8-10-18)34-20-12-14-24(22(16-20)30(31,32)33)37(4)25(38)17-36(2)3/h6-16,34H,5,17H2,1-4H3,(H,35,39)/b27-26-. The van der Waals surface area contributed by atoms with Crippen molar-refractivity contribution < 1.29 is 32.3 Å². The molecule has 0 aromatic heterocycles. The van der Waals surface area contributed by atoms with Gasteiger partial charge in [-0.15, -0.1) is 0 Å². The van der Waals surface area contributed by atoms with E-state index in [1.54, 1.807) is 62.3 Å². The molecule has 0 spiro atoms. The molecule has 0 unspecified atom stereocenters. The Morgan fingerprint density at radius 2 is 1.66 bits per heavy atom. The Kier molecular flexibility index (Phi) is 8.48. The van der Waals surface area contributed by atoms with Crippen molar-refractivity contribution in [2.45, 2.75) is 13.1 Å². The fraction of sp³-hybridized carbons (Fsp3) is 0.233. The summed E-state index contributed by atoms with van der Waals surface area (Å²) in [7, 11) is 4.60. The van der Waals surface area contributed by atoms with Crippen molar-refractivity contribution in [3.8, 4) is 0 Å². The largest absolute Gasteiger partial charge is 0.462 e. The van der Waals surface area contributed by atoms with E-state index < -0.39 is 29.5 Å². The summed E-state index contributed by atoms with van der Waals surface area (Å²) in [4.78, 5) is 40.5. The van der Waals surface area contributed by atoms with Crippen LogP contribution in [-0.4, -0.2) is 57.0 Å². The SMILES string of the molecule is CCOC(=O)c1ccc2c(c1)NC(=O)/C2=C(\Nc1ccc(N(C)C(=O)CN(C)C)c(C(F)(F)F)c1)c1ccccc1. The number of esters is 1. The Balaban J connectivity index is 1.82.